The van der Waals surface area contributed by atoms with Crippen LogP contribution in [-0.2, 0) is 20.4 Å². The maximum Gasteiger partial charge on any atom is -1.00 e. The van der Waals surface area contributed by atoms with Gasteiger partial charge in [0.1, 0.15) is 0 Å². The van der Waals surface area contributed by atoms with Gasteiger partial charge in [-0.15, -0.1) is 0 Å². The normalized spacial score (nSPS) is 17.9. The van der Waals surface area contributed by atoms with E-state index in [0.29, 0.717) is 11.8 Å². The number of hydrogen-bond donors (Lipinski definition) is 0. The van der Waals surface area contributed by atoms with Gasteiger partial charge >= 0.3 is 205 Å². The van der Waals surface area contributed by atoms with E-state index in [1.165, 1.54) is 11.1 Å². The number of benzene rings is 2. The first-order chi connectivity index (χ1) is 15.0. The van der Waals surface area contributed by atoms with Crippen molar-refractivity contribution in [3.63, 3.8) is 0 Å². The minimum atomic E-state index is -1.94. The van der Waals surface area contributed by atoms with Crippen molar-refractivity contribution < 1.29 is 45.2 Å². The summed E-state index contributed by atoms with van der Waals surface area (Å²) in [5, 5.41) is 0. The maximum atomic E-state index is 2.63. The van der Waals surface area contributed by atoms with Crippen molar-refractivity contribution in [2.24, 2.45) is 0 Å². The fraction of sp³-hybridized carbons (Fsp3) is 0.467. The number of aryl methyl sites for hydroxylation is 2. The fourth-order valence-corrected chi connectivity index (χ4v) is 27.3. The zero-order valence-corrected chi connectivity index (χ0v) is 27.5. The van der Waals surface area contributed by atoms with Crippen LogP contribution in [0.2, 0.25) is 13.1 Å². The molecule has 0 spiro atoms. The minimum absolute atomic E-state index is 0. The van der Waals surface area contributed by atoms with Gasteiger partial charge in [0, 0.05) is 0 Å². The average Bonchev–Trinajstić information content (AvgIpc) is 3.17. The molecule has 2 aromatic carbocycles. The molecule has 2 aromatic rings. The second kappa shape index (κ2) is 11.3. The molecule has 0 fully saturated rings. The van der Waals surface area contributed by atoms with Gasteiger partial charge in [-0.1, -0.05) is 0 Å². The Kier molecular flexibility index (Phi) is 9.94. The van der Waals surface area contributed by atoms with Gasteiger partial charge in [-0.2, -0.15) is 0 Å². The summed E-state index contributed by atoms with van der Waals surface area (Å²) in [5.74, 6) is 1.16. The molecule has 0 nitrogen and oxygen atoms in total. The van der Waals surface area contributed by atoms with Crippen LogP contribution in [0.5, 0.6) is 0 Å². The Balaban J connectivity index is 0.00000204. The van der Waals surface area contributed by atoms with Gasteiger partial charge in [-0.05, 0) is 0 Å². The molecule has 0 heterocycles. The van der Waals surface area contributed by atoms with Gasteiger partial charge in [0.15, 0.2) is 0 Å². The van der Waals surface area contributed by atoms with Crippen LogP contribution in [0.3, 0.4) is 0 Å². The van der Waals surface area contributed by atoms with Gasteiger partial charge in [-0.3, -0.25) is 0 Å². The Morgan fingerprint density at radius 1 is 0.647 bits per heavy atom. The number of allylic oxidation sites excluding steroid dienone is 2. The van der Waals surface area contributed by atoms with Gasteiger partial charge < -0.3 is 24.8 Å². The molecule has 0 amide bonds. The van der Waals surface area contributed by atoms with E-state index in [1.807, 2.05) is 0 Å². The van der Waals surface area contributed by atoms with Crippen molar-refractivity contribution in [1.82, 2.24) is 0 Å². The molecule has 0 saturated carbocycles. The smallest absolute Gasteiger partial charge is 1.00 e. The quantitative estimate of drug-likeness (QED) is 0.481. The summed E-state index contributed by atoms with van der Waals surface area (Å²) >= 11 is -1.94. The van der Waals surface area contributed by atoms with E-state index in [9.17, 15) is 0 Å². The van der Waals surface area contributed by atoms with Crippen molar-refractivity contribution in [3.05, 3.63) is 79.9 Å². The third-order valence-corrected chi connectivity index (χ3v) is 27.6. The molecule has 0 saturated heterocycles. The van der Waals surface area contributed by atoms with E-state index in [1.54, 1.807) is 44.5 Å². The summed E-state index contributed by atoms with van der Waals surface area (Å²) in [6, 6.07) is 9.83. The maximum absolute atomic E-state index is 2.63. The van der Waals surface area contributed by atoms with Gasteiger partial charge in [0.05, 0.1) is 0 Å². The van der Waals surface area contributed by atoms with Gasteiger partial charge in [0.25, 0.3) is 0 Å². The van der Waals surface area contributed by atoms with Crippen molar-refractivity contribution in [2.45, 2.75) is 87.6 Å². The van der Waals surface area contributed by atoms with Crippen LogP contribution in [0, 0.1) is 13.8 Å². The summed E-state index contributed by atoms with van der Waals surface area (Å²) in [5.41, 5.74) is 15.6. The molecule has 182 valence electrons. The molecule has 2 atom stereocenters. The Labute approximate surface area is 228 Å². The third-order valence-electron chi connectivity index (χ3n) is 7.71. The fourth-order valence-electron chi connectivity index (χ4n) is 6.57. The summed E-state index contributed by atoms with van der Waals surface area (Å²) in [7, 11) is 0. The molecule has 0 radical (unpaired) electrons. The number of rotatable bonds is 4. The van der Waals surface area contributed by atoms with Crippen molar-refractivity contribution in [2.75, 3.05) is 0 Å². The topological polar surface area (TPSA) is 0 Å². The molecular formula is C30H40Cl2SiZr. The molecule has 4 heteroatoms. The van der Waals surface area contributed by atoms with Crippen LogP contribution in [0.1, 0.15) is 105 Å². The molecule has 0 N–H and O–H groups in total. The Bertz CT molecular complexity index is 1110. The van der Waals surface area contributed by atoms with Gasteiger partial charge in [0.2, 0.25) is 0 Å². The third kappa shape index (κ3) is 4.91. The minimum Gasteiger partial charge on any atom is -1.00 e. The summed E-state index contributed by atoms with van der Waals surface area (Å²) in [6.07, 6.45) is 5.16. The molecule has 0 bridgehead atoms. The first kappa shape index (κ1) is 29.8. The average molecular weight is 591 g/mol. The van der Waals surface area contributed by atoms with Gasteiger partial charge in [-0.25, -0.2) is 0 Å². The van der Waals surface area contributed by atoms with E-state index in [4.69, 9.17) is 0 Å². The van der Waals surface area contributed by atoms with E-state index < -0.39 is 20.4 Å². The molecular weight excluding hydrogens is 551 g/mol. The Morgan fingerprint density at radius 2 is 1.00 bits per heavy atom. The molecule has 2 unspecified atom stereocenters. The first-order valence-corrected chi connectivity index (χ1v) is 21.4. The summed E-state index contributed by atoms with van der Waals surface area (Å²) < 4.78 is 1.47. The first-order valence-electron chi connectivity index (χ1n) is 12.3. The molecule has 34 heavy (non-hydrogen) atoms. The molecule has 2 aliphatic rings. The predicted octanol–water partition coefficient (Wildman–Crippen LogP) is 3.04. The summed E-state index contributed by atoms with van der Waals surface area (Å²) in [4.78, 5) is 0. The second-order valence-corrected chi connectivity index (χ2v) is 28.9. The Hall–Kier alpha value is -0.400. The van der Waals surface area contributed by atoms with Crippen LogP contribution in [0.15, 0.2) is 35.4 Å². The molecule has 0 aromatic heterocycles. The zero-order valence-electron chi connectivity index (χ0n) is 22.5. The van der Waals surface area contributed by atoms with Crippen LogP contribution >= 0.6 is 0 Å². The number of fused-ring (bicyclic) bond motifs is 2. The number of halogens is 2. The zero-order chi connectivity index (χ0) is 23.5. The molecule has 0 aliphatic heterocycles. The van der Waals surface area contributed by atoms with Crippen molar-refractivity contribution in [1.29, 1.82) is 0 Å². The summed E-state index contributed by atoms with van der Waals surface area (Å²) in [6.45, 7) is 24.2. The van der Waals surface area contributed by atoms with E-state index in [0.717, 1.165) is 7.25 Å². The van der Waals surface area contributed by atoms with Crippen molar-refractivity contribution in [3.8, 4) is 0 Å². The molecule has 2 aliphatic carbocycles. The second-order valence-electron chi connectivity index (χ2n) is 11.0. The van der Waals surface area contributed by atoms with Crippen molar-refractivity contribution >= 4 is 17.6 Å². The van der Waals surface area contributed by atoms with E-state index in [-0.39, 0.29) is 30.2 Å². The van der Waals surface area contributed by atoms with Crippen LogP contribution in [0.25, 0.3) is 12.2 Å². The monoisotopic (exact) mass is 588 g/mol. The van der Waals surface area contributed by atoms with Crippen LogP contribution in [-0.4, -0.2) is 5.43 Å². The van der Waals surface area contributed by atoms with E-state index in [2.05, 4.69) is 105 Å². The molecule has 4 rings (SSSR count). The van der Waals surface area contributed by atoms with Crippen LogP contribution < -0.4 is 24.8 Å². The number of hydrogen-bond acceptors (Lipinski definition) is 0. The Morgan fingerprint density at radius 3 is 1.29 bits per heavy atom. The predicted molar refractivity (Wildman–Crippen MR) is 141 cm³/mol. The van der Waals surface area contributed by atoms with Crippen LogP contribution in [0.4, 0.5) is 0 Å². The standard InChI is InChI=1S/2C14H17.C2H6Si.2ClH.Zr/c2*1-9(2)14-11(4)5-6-12-7-10(3)8-13(12)14;1-3-2;;;/h2*5-9H,1-4H3;1-2H3;2*1H;/q;;;;;+2/p-2. The van der Waals surface area contributed by atoms with E-state index >= 15 is 0 Å². The largest absolute Gasteiger partial charge is 1.00 e. The SMILES string of the molecule is CC1=Cc2c(ccc(C)c2C(C)C)[CH]1[Zr+2]([CH]1C(C)=Cc2c1ccc(C)c2C(C)C)=[Si](C)C.[Cl-].[Cl-].